The quantitative estimate of drug-likeness (QED) is 0.556. The lowest BCUT2D eigenvalue weighted by molar-refractivity contribution is 0.308. The van der Waals surface area contributed by atoms with Crippen LogP contribution in [0.1, 0.15) is 71.6 Å². The Morgan fingerprint density at radius 3 is 1.71 bits per heavy atom. The largest absolute Gasteiger partial charge is 0.0996 e. The molecule has 0 amide bonds. The summed E-state index contributed by atoms with van der Waals surface area (Å²) >= 11 is 0. The van der Waals surface area contributed by atoms with Gasteiger partial charge in [0, 0.05) is 11.8 Å². The molecule has 2 rings (SSSR count). The van der Waals surface area contributed by atoms with Gasteiger partial charge in [0.25, 0.3) is 0 Å². The first-order chi connectivity index (χ1) is 8.28. The van der Waals surface area contributed by atoms with Crippen molar-refractivity contribution in [1.29, 1.82) is 0 Å². The molecule has 0 unspecified atom stereocenters. The van der Waals surface area contributed by atoms with E-state index in [-0.39, 0.29) is 0 Å². The molecule has 0 atom stereocenters. The minimum atomic E-state index is 0.732. The van der Waals surface area contributed by atoms with Crippen molar-refractivity contribution in [3.8, 4) is 11.8 Å². The van der Waals surface area contributed by atoms with E-state index in [0.717, 1.165) is 23.7 Å². The molecule has 0 aromatic carbocycles. The standard InChI is InChI=1S/C17H28/c1-3-15-8-10-17(11-9-15)13-12-16-6-4-14(2)5-7-16/h14-17H,3-11H2,1-2H3. The molecular formula is C17H28. The van der Waals surface area contributed by atoms with Gasteiger partial charge in [0.15, 0.2) is 0 Å². The maximum atomic E-state index is 3.60. The molecule has 0 spiro atoms. The average molecular weight is 232 g/mol. The van der Waals surface area contributed by atoms with E-state index in [2.05, 4.69) is 25.7 Å². The highest BCUT2D eigenvalue weighted by atomic mass is 14.2. The molecule has 0 aromatic rings. The summed E-state index contributed by atoms with van der Waals surface area (Å²) in [6, 6.07) is 0. The Hall–Kier alpha value is -0.440. The Balaban J connectivity index is 1.74. The van der Waals surface area contributed by atoms with Crippen LogP contribution < -0.4 is 0 Å². The molecule has 2 aliphatic carbocycles. The van der Waals surface area contributed by atoms with Gasteiger partial charge >= 0.3 is 0 Å². The summed E-state index contributed by atoms with van der Waals surface area (Å²) in [5.41, 5.74) is 0. The Bertz CT molecular complexity index is 264. The van der Waals surface area contributed by atoms with Crippen LogP contribution in [0.25, 0.3) is 0 Å². The van der Waals surface area contributed by atoms with Gasteiger partial charge in [-0.25, -0.2) is 0 Å². The Kier molecular flexibility index (Phi) is 4.96. The van der Waals surface area contributed by atoms with Gasteiger partial charge in [0.2, 0.25) is 0 Å². The molecule has 2 aliphatic rings. The van der Waals surface area contributed by atoms with Crippen LogP contribution in [0, 0.1) is 35.5 Å². The molecule has 96 valence electrons. The SMILES string of the molecule is CCC1CCC(C#CC2CCC(C)CC2)CC1. The monoisotopic (exact) mass is 232 g/mol. The predicted molar refractivity (Wildman–Crippen MR) is 74.6 cm³/mol. The zero-order chi connectivity index (χ0) is 12.1. The fourth-order valence-electron chi connectivity index (χ4n) is 3.36. The molecule has 17 heavy (non-hydrogen) atoms. The summed E-state index contributed by atoms with van der Waals surface area (Å²) < 4.78 is 0. The first-order valence-corrected chi connectivity index (χ1v) is 7.79. The minimum Gasteiger partial charge on any atom is -0.0996 e. The van der Waals surface area contributed by atoms with Gasteiger partial charge in [-0.05, 0) is 63.2 Å². The molecule has 0 radical (unpaired) electrons. The highest BCUT2D eigenvalue weighted by Gasteiger charge is 2.19. The molecule has 0 heterocycles. The molecule has 2 saturated carbocycles. The smallest absolute Gasteiger partial charge is 0.0203 e. The third-order valence-electron chi connectivity index (χ3n) is 4.93. The molecule has 0 saturated heterocycles. The lowest BCUT2D eigenvalue weighted by Gasteiger charge is -2.25. The normalized spacial score (nSPS) is 38.2. The van der Waals surface area contributed by atoms with Gasteiger partial charge < -0.3 is 0 Å². The molecule has 0 nitrogen and oxygen atoms in total. The van der Waals surface area contributed by atoms with Crippen molar-refractivity contribution < 1.29 is 0 Å². The van der Waals surface area contributed by atoms with Gasteiger partial charge in [-0.15, -0.1) is 0 Å². The minimum absolute atomic E-state index is 0.732. The highest BCUT2D eigenvalue weighted by Crippen LogP contribution is 2.31. The van der Waals surface area contributed by atoms with E-state index >= 15 is 0 Å². The van der Waals surface area contributed by atoms with Gasteiger partial charge in [0.05, 0.1) is 0 Å². The van der Waals surface area contributed by atoms with E-state index in [0.29, 0.717) is 0 Å². The summed E-state index contributed by atoms with van der Waals surface area (Å²) in [7, 11) is 0. The van der Waals surface area contributed by atoms with E-state index in [1.54, 1.807) is 0 Å². The maximum Gasteiger partial charge on any atom is 0.0203 e. The van der Waals surface area contributed by atoms with Crippen LogP contribution >= 0.6 is 0 Å². The van der Waals surface area contributed by atoms with Crippen molar-refractivity contribution in [2.75, 3.05) is 0 Å². The third kappa shape index (κ3) is 4.06. The summed E-state index contributed by atoms with van der Waals surface area (Å²) in [6.07, 6.45) is 12.5. The van der Waals surface area contributed by atoms with Crippen molar-refractivity contribution in [2.45, 2.75) is 71.6 Å². The highest BCUT2D eigenvalue weighted by molar-refractivity contribution is 5.08. The van der Waals surface area contributed by atoms with E-state index in [4.69, 9.17) is 0 Å². The summed E-state index contributed by atoms with van der Waals surface area (Å²) in [5, 5.41) is 0. The second-order valence-electron chi connectivity index (χ2n) is 6.37. The molecule has 0 heteroatoms. The van der Waals surface area contributed by atoms with Crippen LogP contribution in [-0.2, 0) is 0 Å². The van der Waals surface area contributed by atoms with Crippen molar-refractivity contribution in [3.63, 3.8) is 0 Å². The fourth-order valence-corrected chi connectivity index (χ4v) is 3.36. The van der Waals surface area contributed by atoms with Crippen molar-refractivity contribution in [1.82, 2.24) is 0 Å². The van der Waals surface area contributed by atoms with Crippen LogP contribution in [0.2, 0.25) is 0 Å². The van der Waals surface area contributed by atoms with Crippen LogP contribution in [-0.4, -0.2) is 0 Å². The predicted octanol–water partition coefficient (Wildman–Crippen LogP) is 5.03. The molecular weight excluding hydrogens is 204 g/mol. The second kappa shape index (κ2) is 6.48. The second-order valence-corrected chi connectivity index (χ2v) is 6.37. The van der Waals surface area contributed by atoms with Gasteiger partial charge in [-0.3, -0.25) is 0 Å². The van der Waals surface area contributed by atoms with E-state index in [1.165, 1.54) is 57.8 Å². The van der Waals surface area contributed by atoms with Crippen LogP contribution in [0.15, 0.2) is 0 Å². The molecule has 0 bridgehead atoms. The zero-order valence-corrected chi connectivity index (χ0v) is 11.7. The molecule has 0 N–H and O–H groups in total. The maximum absolute atomic E-state index is 3.60. The lowest BCUT2D eigenvalue weighted by Crippen LogP contribution is -2.14. The van der Waals surface area contributed by atoms with Crippen LogP contribution in [0.3, 0.4) is 0 Å². The lowest BCUT2D eigenvalue weighted by atomic mass is 9.80. The number of rotatable bonds is 1. The Morgan fingerprint density at radius 2 is 1.24 bits per heavy atom. The Labute approximate surface area is 108 Å². The number of hydrogen-bond donors (Lipinski definition) is 0. The zero-order valence-electron chi connectivity index (χ0n) is 11.7. The topological polar surface area (TPSA) is 0 Å². The van der Waals surface area contributed by atoms with Crippen molar-refractivity contribution in [2.24, 2.45) is 23.7 Å². The summed E-state index contributed by atoms with van der Waals surface area (Å²) in [4.78, 5) is 0. The molecule has 0 aliphatic heterocycles. The van der Waals surface area contributed by atoms with E-state index in [1.807, 2.05) is 0 Å². The fraction of sp³-hybridized carbons (Fsp3) is 0.882. The average Bonchev–Trinajstić information content (AvgIpc) is 2.39. The summed E-state index contributed by atoms with van der Waals surface area (Å²) in [6.45, 7) is 4.72. The molecule has 2 fully saturated rings. The van der Waals surface area contributed by atoms with E-state index < -0.39 is 0 Å². The van der Waals surface area contributed by atoms with E-state index in [9.17, 15) is 0 Å². The first-order valence-electron chi connectivity index (χ1n) is 7.79. The van der Waals surface area contributed by atoms with Gasteiger partial charge in [-0.1, -0.05) is 32.1 Å². The van der Waals surface area contributed by atoms with Gasteiger partial charge in [-0.2, -0.15) is 0 Å². The summed E-state index contributed by atoms with van der Waals surface area (Å²) in [5.74, 6) is 10.6. The van der Waals surface area contributed by atoms with Crippen molar-refractivity contribution >= 4 is 0 Å². The number of hydrogen-bond acceptors (Lipinski definition) is 0. The third-order valence-corrected chi connectivity index (χ3v) is 4.93. The van der Waals surface area contributed by atoms with Crippen molar-refractivity contribution in [3.05, 3.63) is 0 Å². The molecule has 0 aromatic heterocycles. The van der Waals surface area contributed by atoms with Gasteiger partial charge in [0.1, 0.15) is 0 Å². The first kappa shape index (κ1) is 13.0. The van der Waals surface area contributed by atoms with Crippen LogP contribution in [0.4, 0.5) is 0 Å². The Morgan fingerprint density at radius 1 is 0.765 bits per heavy atom. The van der Waals surface area contributed by atoms with Crippen LogP contribution in [0.5, 0.6) is 0 Å².